The molecule has 27 heavy (non-hydrogen) atoms. The summed E-state index contributed by atoms with van der Waals surface area (Å²) in [6.45, 7) is 14.2. The summed E-state index contributed by atoms with van der Waals surface area (Å²) in [5.74, 6) is 0. The van der Waals surface area contributed by atoms with Crippen molar-refractivity contribution in [2.75, 3.05) is 12.1 Å². The van der Waals surface area contributed by atoms with E-state index in [1.165, 1.54) is 11.1 Å². The van der Waals surface area contributed by atoms with E-state index in [9.17, 15) is 0 Å². The highest BCUT2D eigenvalue weighted by molar-refractivity contribution is 5.99. The minimum atomic E-state index is 1.00. The highest BCUT2D eigenvalue weighted by Gasteiger charge is 2.01. The third-order valence-electron chi connectivity index (χ3n) is 3.48. The smallest absolute Gasteiger partial charge is 0.0650 e. The van der Waals surface area contributed by atoms with E-state index in [0.717, 1.165) is 17.0 Å². The molecule has 2 rings (SSSR count). The number of anilines is 1. The van der Waals surface area contributed by atoms with Crippen LogP contribution in [0.3, 0.4) is 0 Å². The summed E-state index contributed by atoms with van der Waals surface area (Å²) in [4.78, 5) is 0. The maximum Gasteiger partial charge on any atom is 0.0650 e. The van der Waals surface area contributed by atoms with Crippen LogP contribution < -0.4 is 5.01 Å². The molecule has 2 aromatic rings. The molecule has 2 nitrogen and oxygen atoms in total. The van der Waals surface area contributed by atoms with Gasteiger partial charge in [0, 0.05) is 7.05 Å². The first-order valence-electron chi connectivity index (χ1n) is 9.82. The fourth-order valence-corrected chi connectivity index (χ4v) is 2.17. The largest absolute Gasteiger partial charge is 0.268 e. The number of hydrazone groups is 1. The third-order valence-corrected chi connectivity index (χ3v) is 3.48. The molecule has 0 aliphatic heterocycles. The topological polar surface area (TPSA) is 15.6 Å². The summed E-state index contributed by atoms with van der Waals surface area (Å²) in [6.07, 6.45) is 6.29. The maximum atomic E-state index is 4.65. The van der Waals surface area contributed by atoms with Crippen molar-refractivity contribution in [1.82, 2.24) is 0 Å². The Morgan fingerprint density at radius 3 is 1.89 bits per heavy atom. The highest BCUT2D eigenvalue weighted by atomic mass is 15.4. The molecular weight excluding hydrogens is 328 g/mol. The van der Waals surface area contributed by atoms with Crippen LogP contribution in [-0.4, -0.2) is 12.8 Å². The predicted molar refractivity (Wildman–Crippen MR) is 125 cm³/mol. The van der Waals surface area contributed by atoms with Gasteiger partial charge in [0.1, 0.15) is 0 Å². The fraction of sp³-hybridized carbons (Fsp3) is 0.320. The number of hydrogen-bond donors (Lipinski definition) is 0. The molecule has 0 saturated heterocycles. The van der Waals surface area contributed by atoms with Gasteiger partial charge in [0.15, 0.2) is 0 Å². The Balaban J connectivity index is 0.00000158. The second-order valence-corrected chi connectivity index (χ2v) is 5.77. The van der Waals surface area contributed by atoms with E-state index in [1.54, 1.807) is 0 Å². The first-order chi connectivity index (χ1) is 13.1. The number of rotatable bonds is 5. The normalized spacial score (nSPS) is 10.3. The quantitative estimate of drug-likeness (QED) is 0.303. The average Bonchev–Trinajstić information content (AvgIpc) is 2.72. The van der Waals surface area contributed by atoms with Gasteiger partial charge in [-0.25, -0.2) is 0 Å². The predicted octanol–water partition coefficient (Wildman–Crippen LogP) is 7.58. The van der Waals surface area contributed by atoms with Gasteiger partial charge < -0.3 is 0 Å². The number of nitrogens with zero attached hydrogens (tertiary/aromatic N) is 2. The zero-order valence-corrected chi connectivity index (χ0v) is 18.3. The van der Waals surface area contributed by atoms with Crippen molar-refractivity contribution in [1.29, 1.82) is 0 Å². The molecule has 146 valence electrons. The summed E-state index contributed by atoms with van der Waals surface area (Å²) < 4.78 is 0. The molecule has 0 atom stereocenters. The number of allylic oxidation sites excluding steroid dienone is 3. The molecule has 2 heteroatoms. The van der Waals surface area contributed by atoms with Gasteiger partial charge in [-0.05, 0) is 44.0 Å². The Morgan fingerprint density at radius 1 is 0.815 bits per heavy atom. The molecule has 2 aromatic carbocycles. The molecule has 0 unspecified atom stereocenters. The summed E-state index contributed by atoms with van der Waals surface area (Å²) in [6, 6.07) is 18.6. The van der Waals surface area contributed by atoms with Gasteiger partial charge >= 0.3 is 0 Å². The Hall–Kier alpha value is -2.61. The minimum Gasteiger partial charge on any atom is -0.268 e. The van der Waals surface area contributed by atoms with Crippen LogP contribution in [0, 0.1) is 0 Å². The van der Waals surface area contributed by atoms with Crippen LogP contribution in [0.25, 0.3) is 6.08 Å². The summed E-state index contributed by atoms with van der Waals surface area (Å²) >= 11 is 0. The standard InChI is InChI=1S/C21H24N2.2C2H6/c1-17(2)9-8-10-19-13-15-21(16-14-19)23(4)22-18(3)20-11-6-5-7-12-20;2*1-2/h5-16H,1-4H3;2*1-2H3/b10-8?,22-18+;;. The van der Waals surface area contributed by atoms with E-state index in [-0.39, 0.29) is 0 Å². The van der Waals surface area contributed by atoms with E-state index in [1.807, 2.05) is 64.9 Å². The third kappa shape index (κ3) is 9.60. The molecule has 0 spiro atoms. The van der Waals surface area contributed by atoms with E-state index in [4.69, 9.17) is 0 Å². The van der Waals surface area contributed by atoms with E-state index in [2.05, 4.69) is 73.6 Å². The lowest BCUT2D eigenvalue weighted by atomic mass is 10.1. The van der Waals surface area contributed by atoms with Gasteiger partial charge in [-0.1, -0.05) is 94.0 Å². The van der Waals surface area contributed by atoms with Crippen molar-refractivity contribution in [3.8, 4) is 0 Å². The van der Waals surface area contributed by atoms with Crippen molar-refractivity contribution in [3.05, 3.63) is 83.4 Å². The Kier molecular flexibility index (Phi) is 13.1. The second-order valence-electron chi connectivity index (χ2n) is 5.77. The van der Waals surface area contributed by atoms with Crippen LogP contribution in [-0.2, 0) is 0 Å². The van der Waals surface area contributed by atoms with E-state index >= 15 is 0 Å². The lowest BCUT2D eigenvalue weighted by molar-refractivity contribution is 1.01. The van der Waals surface area contributed by atoms with Gasteiger partial charge in [0.05, 0.1) is 11.4 Å². The molecule has 0 aliphatic carbocycles. The number of benzene rings is 2. The lowest BCUT2D eigenvalue weighted by Gasteiger charge is -2.15. The summed E-state index contributed by atoms with van der Waals surface area (Å²) in [5.41, 5.74) is 5.69. The van der Waals surface area contributed by atoms with Crippen molar-refractivity contribution < 1.29 is 0 Å². The molecule has 0 fully saturated rings. The molecule has 0 saturated carbocycles. The highest BCUT2D eigenvalue weighted by Crippen LogP contribution is 2.16. The molecule has 0 aromatic heterocycles. The SMILES string of the molecule is CC.CC.CC(C)=CC=Cc1ccc(N(C)/N=C(\C)c2ccccc2)cc1. The Bertz CT molecular complexity index is 704. The average molecular weight is 365 g/mol. The van der Waals surface area contributed by atoms with Gasteiger partial charge in [0.25, 0.3) is 0 Å². The molecule has 0 radical (unpaired) electrons. The van der Waals surface area contributed by atoms with Crippen LogP contribution in [0.4, 0.5) is 5.69 Å². The summed E-state index contributed by atoms with van der Waals surface area (Å²) in [7, 11) is 1.97. The molecule has 0 bridgehead atoms. The Labute approximate surface area is 166 Å². The van der Waals surface area contributed by atoms with Crippen LogP contribution in [0.1, 0.15) is 59.6 Å². The maximum absolute atomic E-state index is 4.65. The van der Waals surface area contributed by atoms with E-state index in [0.29, 0.717) is 0 Å². The van der Waals surface area contributed by atoms with Crippen molar-refractivity contribution in [3.63, 3.8) is 0 Å². The van der Waals surface area contributed by atoms with E-state index < -0.39 is 0 Å². The first-order valence-corrected chi connectivity index (χ1v) is 9.82. The Morgan fingerprint density at radius 2 is 1.37 bits per heavy atom. The lowest BCUT2D eigenvalue weighted by Crippen LogP contribution is -2.12. The molecule has 0 heterocycles. The summed E-state index contributed by atoms with van der Waals surface area (Å²) in [5, 5.41) is 6.56. The molecule has 0 N–H and O–H groups in total. The van der Waals surface area contributed by atoms with Crippen molar-refractivity contribution >= 4 is 17.5 Å². The van der Waals surface area contributed by atoms with Crippen molar-refractivity contribution in [2.45, 2.75) is 48.5 Å². The molecular formula is C25H36N2. The zero-order chi connectivity index (χ0) is 20.7. The molecule has 0 amide bonds. The monoisotopic (exact) mass is 364 g/mol. The van der Waals surface area contributed by atoms with Crippen LogP contribution in [0.2, 0.25) is 0 Å². The van der Waals surface area contributed by atoms with Crippen molar-refractivity contribution in [2.24, 2.45) is 5.10 Å². The fourth-order valence-electron chi connectivity index (χ4n) is 2.17. The molecule has 0 aliphatic rings. The second kappa shape index (κ2) is 14.5. The minimum absolute atomic E-state index is 1.00. The zero-order valence-electron chi connectivity index (χ0n) is 18.3. The number of hydrogen-bond acceptors (Lipinski definition) is 2. The van der Waals surface area contributed by atoms with Gasteiger partial charge in [-0.3, -0.25) is 5.01 Å². The first kappa shape index (κ1) is 24.4. The van der Waals surface area contributed by atoms with Crippen LogP contribution >= 0.6 is 0 Å². The van der Waals surface area contributed by atoms with Gasteiger partial charge in [0.2, 0.25) is 0 Å². The van der Waals surface area contributed by atoms with Gasteiger partial charge in [-0.15, -0.1) is 0 Å². The van der Waals surface area contributed by atoms with Gasteiger partial charge in [-0.2, -0.15) is 5.10 Å². The van der Waals surface area contributed by atoms with Crippen LogP contribution in [0.15, 0.2) is 77.4 Å². The van der Waals surface area contributed by atoms with Crippen LogP contribution in [0.5, 0.6) is 0 Å².